The molecular weight excluding hydrogens is 406 g/mol. The molecule has 0 aromatic carbocycles. The molecule has 0 aromatic rings. The van der Waals surface area contributed by atoms with Crippen LogP contribution in [-0.2, 0) is 24.4 Å². The maximum absolute atomic E-state index is 2.34. The molecule has 0 fully saturated rings. The first kappa shape index (κ1) is 19.3. The van der Waals surface area contributed by atoms with Crippen molar-refractivity contribution in [2.75, 3.05) is 0 Å². The van der Waals surface area contributed by atoms with E-state index in [1.165, 1.54) is 50.1 Å². The Labute approximate surface area is 128 Å². The fourth-order valence-electron chi connectivity index (χ4n) is 2.71. The normalized spacial score (nSPS) is 19.8. The summed E-state index contributed by atoms with van der Waals surface area (Å²) in [6.45, 7) is 9.28. The summed E-state index contributed by atoms with van der Waals surface area (Å²) in [6.07, 6.45) is 5.07. The summed E-state index contributed by atoms with van der Waals surface area (Å²) in [7, 11) is 0. The molecule has 1 rings (SSSR count). The van der Waals surface area contributed by atoms with Gasteiger partial charge >= 0.3 is 104 Å². The Kier molecular flexibility index (Phi) is 10.8. The predicted molar refractivity (Wildman–Crippen MR) is 58.7 cm³/mol. The van der Waals surface area contributed by atoms with Crippen LogP contribution in [0.1, 0.15) is 53.4 Å². The van der Waals surface area contributed by atoms with Crippen LogP contribution in [0.3, 0.4) is 0 Å². The molecule has 0 saturated carbocycles. The second-order valence-corrected chi connectivity index (χ2v) is 5.85. The SMILES string of the molecule is CCC1=[C]([Hf+2])C(CC)C(CC)=C1CC.[Cl-].[Cl-]. The Balaban J connectivity index is 0. The van der Waals surface area contributed by atoms with Gasteiger partial charge in [-0.05, 0) is 0 Å². The van der Waals surface area contributed by atoms with Crippen molar-refractivity contribution in [1.29, 1.82) is 0 Å². The third kappa shape index (κ3) is 3.46. The zero-order valence-electron chi connectivity index (χ0n) is 10.7. The minimum absolute atomic E-state index is 0. The molecule has 0 amide bonds. The van der Waals surface area contributed by atoms with E-state index in [9.17, 15) is 0 Å². The van der Waals surface area contributed by atoms with Crippen LogP contribution < -0.4 is 24.8 Å². The predicted octanol–water partition coefficient (Wildman–Crippen LogP) is -1.64. The number of halogens is 2. The molecule has 0 spiro atoms. The molecule has 1 unspecified atom stereocenters. The van der Waals surface area contributed by atoms with Gasteiger partial charge in [0.1, 0.15) is 0 Å². The first-order chi connectivity index (χ1) is 6.71. The summed E-state index contributed by atoms with van der Waals surface area (Å²) in [5.41, 5.74) is 5.20. The van der Waals surface area contributed by atoms with Gasteiger partial charge < -0.3 is 24.8 Å². The van der Waals surface area contributed by atoms with E-state index in [0.29, 0.717) is 0 Å². The second kappa shape index (κ2) is 8.94. The van der Waals surface area contributed by atoms with Crippen molar-refractivity contribution >= 4 is 0 Å². The minimum atomic E-state index is 0. The van der Waals surface area contributed by atoms with Gasteiger partial charge in [-0.3, -0.25) is 0 Å². The molecule has 1 aliphatic rings. The molecule has 0 N–H and O–H groups in total. The molecule has 16 heavy (non-hydrogen) atoms. The first-order valence-electron chi connectivity index (χ1n) is 5.87. The monoisotopic (exact) mass is 427 g/mol. The third-order valence-electron chi connectivity index (χ3n) is 3.34. The van der Waals surface area contributed by atoms with Gasteiger partial charge in [-0.1, -0.05) is 0 Å². The minimum Gasteiger partial charge on any atom is -1.00 e. The molecule has 0 aliphatic heterocycles. The van der Waals surface area contributed by atoms with E-state index in [0.717, 1.165) is 5.92 Å². The first-order valence-corrected chi connectivity index (χ1v) is 7.67. The Hall–Kier alpha value is 0.930. The van der Waals surface area contributed by atoms with Crippen LogP contribution >= 0.6 is 0 Å². The van der Waals surface area contributed by atoms with Crippen LogP contribution in [0.15, 0.2) is 20.0 Å². The van der Waals surface area contributed by atoms with Crippen LogP contribution in [0.4, 0.5) is 0 Å². The third-order valence-corrected chi connectivity index (χ3v) is 5.68. The molecule has 0 saturated heterocycles. The number of rotatable bonds is 4. The van der Waals surface area contributed by atoms with Gasteiger partial charge in [-0.15, -0.1) is 0 Å². The molecule has 0 radical (unpaired) electrons. The van der Waals surface area contributed by atoms with Crippen LogP contribution in [0, 0.1) is 5.92 Å². The zero-order chi connectivity index (χ0) is 10.7. The van der Waals surface area contributed by atoms with Gasteiger partial charge in [0.05, 0.1) is 0 Å². The van der Waals surface area contributed by atoms with E-state index in [4.69, 9.17) is 0 Å². The topological polar surface area (TPSA) is 0 Å². The van der Waals surface area contributed by atoms with E-state index < -0.39 is 0 Å². The Morgan fingerprint density at radius 3 is 1.69 bits per heavy atom. The van der Waals surface area contributed by atoms with Crippen molar-refractivity contribution in [2.24, 2.45) is 5.92 Å². The number of hydrogen-bond acceptors (Lipinski definition) is 0. The van der Waals surface area contributed by atoms with Gasteiger partial charge in [-0.25, -0.2) is 0 Å². The molecular formula is C13H21Cl2Hf. The average molecular weight is 427 g/mol. The van der Waals surface area contributed by atoms with Gasteiger partial charge in [0.15, 0.2) is 0 Å². The summed E-state index contributed by atoms with van der Waals surface area (Å²) >= 11 is 1.26. The summed E-state index contributed by atoms with van der Waals surface area (Å²) in [6, 6.07) is 0. The standard InChI is InChI=1S/C13H21.2ClH.Hf/c1-5-10-9-11(6-2)13(8-4)12(10)7-3;;;/h10H,5-8H2,1-4H3;2*1H;/q;;;+2/p-2. The molecule has 0 nitrogen and oxygen atoms in total. The van der Waals surface area contributed by atoms with Crippen molar-refractivity contribution in [1.82, 2.24) is 0 Å². The van der Waals surface area contributed by atoms with Crippen LogP contribution in [0.2, 0.25) is 0 Å². The largest absolute Gasteiger partial charge is 1.00 e. The molecule has 0 heterocycles. The molecule has 1 atom stereocenters. The van der Waals surface area contributed by atoms with Crippen LogP contribution in [0.25, 0.3) is 0 Å². The Morgan fingerprint density at radius 1 is 0.875 bits per heavy atom. The second-order valence-electron chi connectivity index (χ2n) is 3.92. The summed E-state index contributed by atoms with van der Waals surface area (Å²) in [4.78, 5) is 0. The van der Waals surface area contributed by atoms with Crippen LogP contribution in [0.5, 0.6) is 0 Å². The van der Waals surface area contributed by atoms with Crippen molar-refractivity contribution in [3.8, 4) is 0 Å². The Morgan fingerprint density at radius 2 is 1.38 bits per heavy atom. The molecule has 91 valence electrons. The quantitative estimate of drug-likeness (QED) is 0.473. The van der Waals surface area contributed by atoms with Crippen molar-refractivity contribution in [2.45, 2.75) is 53.4 Å². The van der Waals surface area contributed by atoms with Gasteiger partial charge in [-0.2, -0.15) is 0 Å². The maximum Gasteiger partial charge on any atom is -1.00 e. The Bertz CT molecular complexity index is 280. The van der Waals surface area contributed by atoms with E-state index >= 15 is 0 Å². The van der Waals surface area contributed by atoms with E-state index in [2.05, 4.69) is 27.7 Å². The van der Waals surface area contributed by atoms with Crippen molar-refractivity contribution < 1.29 is 49.2 Å². The number of hydrogen-bond donors (Lipinski definition) is 0. The summed E-state index contributed by atoms with van der Waals surface area (Å²) in [5, 5.41) is 0. The van der Waals surface area contributed by atoms with Crippen LogP contribution in [-0.4, -0.2) is 0 Å². The van der Waals surface area contributed by atoms with Gasteiger partial charge in [0.2, 0.25) is 0 Å². The summed E-state index contributed by atoms with van der Waals surface area (Å²) < 4.78 is 1.80. The number of allylic oxidation sites excluding steroid dienone is 4. The average Bonchev–Trinajstić information content (AvgIpc) is 2.48. The smallest absolute Gasteiger partial charge is 1.00 e. The molecule has 1 aliphatic carbocycles. The fourth-order valence-corrected chi connectivity index (χ4v) is 5.24. The van der Waals surface area contributed by atoms with E-state index in [1.54, 1.807) is 20.0 Å². The molecule has 0 bridgehead atoms. The zero-order valence-corrected chi connectivity index (χ0v) is 15.8. The van der Waals surface area contributed by atoms with Crippen molar-refractivity contribution in [3.05, 3.63) is 20.0 Å². The van der Waals surface area contributed by atoms with Gasteiger partial charge in [0.25, 0.3) is 0 Å². The van der Waals surface area contributed by atoms with E-state index in [-0.39, 0.29) is 24.8 Å². The van der Waals surface area contributed by atoms with Gasteiger partial charge in [0, 0.05) is 0 Å². The molecule has 3 heteroatoms. The fraction of sp³-hybridized carbons (Fsp3) is 0.692. The summed E-state index contributed by atoms with van der Waals surface area (Å²) in [5.74, 6) is 0.830. The van der Waals surface area contributed by atoms with E-state index in [1.807, 2.05) is 0 Å². The molecule has 0 aromatic heterocycles. The maximum atomic E-state index is 2.34. The van der Waals surface area contributed by atoms with Crippen molar-refractivity contribution in [3.63, 3.8) is 0 Å².